The first-order chi connectivity index (χ1) is 6.91. The molecule has 2 atom stereocenters. The zero-order valence-corrected chi connectivity index (χ0v) is 9.91. The van der Waals surface area contributed by atoms with Gasteiger partial charge in [-0.25, -0.2) is 0 Å². The molecule has 15 heavy (non-hydrogen) atoms. The van der Waals surface area contributed by atoms with Gasteiger partial charge in [-0.3, -0.25) is 9.59 Å². The van der Waals surface area contributed by atoms with Crippen molar-refractivity contribution >= 4 is 11.9 Å². The zero-order chi connectivity index (χ0) is 11.8. The Morgan fingerprint density at radius 3 is 1.53 bits per heavy atom. The van der Waals surface area contributed by atoms with Crippen LogP contribution in [0.25, 0.3) is 0 Å². The second kappa shape index (κ2) is 7.26. The Kier molecular flexibility index (Phi) is 6.75. The van der Waals surface area contributed by atoms with E-state index in [2.05, 4.69) is 0 Å². The molecule has 0 aromatic carbocycles. The van der Waals surface area contributed by atoms with Crippen LogP contribution in [0.5, 0.6) is 0 Å². The summed E-state index contributed by atoms with van der Waals surface area (Å²) in [6, 6.07) is 0. The van der Waals surface area contributed by atoms with E-state index in [9.17, 15) is 9.59 Å². The Morgan fingerprint density at radius 2 is 1.27 bits per heavy atom. The topological polar surface area (TPSA) is 52.6 Å². The highest BCUT2D eigenvalue weighted by Gasteiger charge is 2.08. The summed E-state index contributed by atoms with van der Waals surface area (Å²) in [5.41, 5.74) is 0. The van der Waals surface area contributed by atoms with Crippen LogP contribution in [0.1, 0.15) is 47.0 Å². The monoisotopic (exact) mass is 216 g/mol. The predicted molar refractivity (Wildman–Crippen MR) is 56.3 cm³/mol. The molecule has 0 aromatic rings. The van der Waals surface area contributed by atoms with E-state index in [4.69, 9.17) is 9.47 Å². The van der Waals surface area contributed by atoms with Crippen molar-refractivity contribution in [1.82, 2.24) is 0 Å². The molecule has 88 valence electrons. The molecule has 0 spiro atoms. The lowest BCUT2D eigenvalue weighted by atomic mass is 10.1. The Labute approximate surface area is 90.9 Å². The first kappa shape index (κ1) is 13.9. The molecule has 0 unspecified atom stereocenters. The average Bonchev–Trinajstić information content (AvgIpc) is 2.00. The molecule has 0 N–H and O–H groups in total. The van der Waals surface area contributed by atoms with Crippen molar-refractivity contribution in [2.75, 3.05) is 0 Å². The SMILES string of the molecule is CC(=O)O[C@H](C)CCC[C@@H](C)OC(C)=O. The number of carbonyl (C=O) groups is 2. The Bertz CT molecular complexity index is 191. The van der Waals surface area contributed by atoms with Crippen molar-refractivity contribution in [1.29, 1.82) is 0 Å². The van der Waals surface area contributed by atoms with E-state index in [-0.39, 0.29) is 24.1 Å². The number of carbonyl (C=O) groups excluding carboxylic acids is 2. The zero-order valence-electron chi connectivity index (χ0n) is 9.91. The standard InChI is InChI=1S/C11H20O4/c1-8(14-10(3)12)6-5-7-9(2)15-11(4)13/h8-9H,5-7H2,1-4H3/t8-,9-/m1/s1. The second-order valence-electron chi connectivity index (χ2n) is 3.77. The normalized spacial score (nSPS) is 14.1. The summed E-state index contributed by atoms with van der Waals surface area (Å²) in [5, 5.41) is 0. The summed E-state index contributed by atoms with van der Waals surface area (Å²) < 4.78 is 9.93. The minimum atomic E-state index is -0.254. The molecule has 0 rings (SSSR count). The van der Waals surface area contributed by atoms with Gasteiger partial charge in [0.1, 0.15) is 0 Å². The average molecular weight is 216 g/mol. The third-order valence-electron chi connectivity index (χ3n) is 1.96. The van der Waals surface area contributed by atoms with Crippen LogP contribution in [0, 0.1) is 0 Å². The number of rotatable bonds is 6. The molecule has 0 aromatic heterocycles. The van der Waals surface area contributed by atoms with Crippen molar-refractivity contribution in [2.24, 2.45) is 0 Å². The van der Waals surface area contributed by atoms with Crippen molar-refractivity contribution in [3.63, 3.8) is 0 Å². The van der Waals surface area contributed by atoms with Crippen molar-refractivity contribution in [2.45, 2.75) is 59.2 Å². The Balaban J connectivity index is 3.52. The molecule has 0 fully saturated rings. The van der Waals surface area contributed by atoms with Gasteiger partial charge in [0.2, 0.25) is 0 Å². The molecule has 0 amide bonds. The highest BCUT2D eigenvalue weighted by Crippen LogP contribution is 2.09. The van der Waals surface area contributed by atoms with Gasteiger partial charge in [-0.15, -0.1) is 0 Å². The van der Waals surface area contributed by atoms with Gasteiger partial charge in [-0.2, -0.15) is 0 Å². The third-order valence-corrected chi connectivity index (χ3v) is 1.96. The number of hydrogen-bond donors (Lipinski definition) is 0. The molecule has 0 aliphatic carbocycles. The summed E-state index contributed by atoms with van der Waals surface area (Å²) in [4.78, 5) is 21.2. The fourth-order valence-electron chi connectivity index (χ4n) is 1.38. The van der Waals surface area contributed by atoms with Crippen LogP contribution in [0.2, 0.25) is 0 Å². The minimum Gasteiger partial charge on any atom is -0.463 e. The van der Waals surface area contributed by atoms with Crippen LogP contribution in [-0.4, -0.2) is 24.1 Å². The number of ether oxygens (including phenoxy) is 2. The smallest absolute Gasteiger partial charge is 0.302 e. The summed E-state index contributed by atoms with van der Waals surface area (Å²) in [6.45, 7) is 6.52. The van der Waals surface area contributed by atoms with E-state index in [1.807, 2.05) is 13.8 Å². The summed E-state index contributed by atoms with van der Waals surface area (Å²) in [6.07, 6.45) is 2.35. The quantitative estimate of drug-likeness (QED) is 0.638. The summed E-state index contributed by atoms with van der Waals surface area (Å²) >= 11 is 0. The van der Waals surface area contributed by atoms with Crippen molar-refractivity contribution in [3.8, 4) is 0 Å². The molecule has 0 heterocycles. The fourth-order valence-corrected chi connectivity index (χ4v) is 1.38. The molecule has 0 saturated carbocycles. The van der Waals surface area contributed by atoms with Gasteiger partial charge in [-0.05, 0) is 33.1 Å². The number of esters is 2. The Morgan fingerprint density at radius 1 is 0.933 bits per heavy atom. The molecule has 0 aliphatic rings. The highest BCUT2D eigenvalue weighted by atomic mass is 16.5. The van der Waals surface area contributed by atoms with E-state index in [0.717, 1.165) is 19.3 Å². The van der Waals surface area contributed by atoms with Gasteiger partial charge in [0.25, 0.3) is 0 Å². The third kappa shape index (κ3) is 9.25. The highest BCUT2D eigenvalue weighted by molar-refractivity contribution is 5.66. The predicted octanol–water partition coefficient (Wildman–Crippen LogP) is 2.06. The van der Waals surface area contributed by atoms with E-state index >= 15 is 0 Å². The van der Waals surface area contributed by atoms with Gasteiger partial charge in [0, 0.05) is 13.8 Å². The van der Waals surface area contributed by atoms with Gasteiger partial charge < -0.3 is 9.47 Å². The van der Waals surface area contributed by atoms with Gasteiger partial charge in [0.05, 0.1) is 12.2 Å². The lowest BCUT2D eigenvalue weighted by molar-refractivity contribution is -0.145. The molecule has 0 radical (unpaired) electrons. The van der Waals surface area contributed by atoms with Crippen LogP contribution in [-0.2, 0) is 19.1 Å². The van der Waals surface area contributed by atoms with E-state index in [0.29, 0.717) is 0 Å². The first-order valence-corrected chi connectivity index (χ1v) is 5.26. The molecule has 0 saturated heterocycles. The lowest BCUT2D eigenvalue weighted by Gasteiger charge is -2.14. The maximum atomic E-state index is 10.6. The van der Waals surface area contributed by atoms with Crippen molar-refractivity contribution < 1.29 is 19.1 Å². The van der Waals surface area contributed by atoms with E-state index < -0.39 is 0 Å². The summed E-state index contributed by atoms with van der Waals surface area (Å²) in [5.74, 6) is -0.508. The maximum Gasteiger partial charge on any atom is 0.302 e. The molecule has 0 aliphatic heterocycles. The molecular weight excluding hydrogens is 196 g/mol. The number of hydrogen-bond acceptors (Lipinski definition) is 4. The van der Waals surface area contributed by atoms with Crippen LogP contribution < -0.4 is 0 Å². The fraction of sp³-hybridized carbons (Fsp3) is 0.818. The van der Waals surface area contributed by atoms with E-state index in [1.165, 1.54) is 13.8 Å². The first-order valence-electron chi connectivity index (χ1n) is 5.26. The van der Waals surface area contributed by atoms with Gasteiger partial charge in [0.15, 0.2) is 0 Å². The van der Waals surface area contributed by atoms with Gasteiger partial charge >= 0.3 is 11.9 Å². The van der Waals surface area contributed by atoms with E-state index in [1.54, 1.807) is 0 Å². The minimum absolute atomic E-state index is 0.0629. The van der Waals surface area contributed by atoms with Gasteiger partial charge in [-0.1, -0.05) is 0 Å². The molecule has 4 nitrogen and oxygen atoms in total. The molecule has 0 bridgehead atoms. The van der Waals surface area contributed by atoms with Crippen LogP contribution in [0.4, 0.5) is 0 Å². The Hall–Kier alpha value is -1.06. The second-order valence-corrected chi connectivity index (χ2v) is 3.77. The molecular formula is C11H20O4. The maximum absolute atomic E-state index is 10.6. The van der Waals surface area contributed by atoms with Crippen molar-refractivity contribution in [3.05, 3.63) is 0 Å². The largest absolute Gasteiger partial charge is 0.463 e. The summed E-state index contributed by atoms with van der Waals surface area (Å²) in [7, 11) is 0. The van der Waals surface area contributed by atoms with Crippen LogP contribution in [0.15, 0.2) is 0 Å². The lowest BCUT2D eigenvalue weighted by Crippen LogP contribution is -2.15. The van der Waals surface area contributed by atoms with Crippen LogP contribution in [0.3, 0.4) is 0 Å². The molecule has 4 heteroatoms. The van der Waals surface area contributed by atoms with Crippen LogP contribution >= 0.6 is 0 Å².